The number of nitrogens with zero attached hydrogens (tertiary/aromatic N) is 1. The number of carbonyl (C=O) groups is 1. The molecule has 3 aromatic rings. The second kappa shape index (κ2) is 9.10. The van der Waals surface area contributed by atoms with Crippen molar-refractivity contribution >= 4 is 11.7 Å². The Labute approximate surface area is 169 Å². The molecule has 0 fully saturated rings. The van der Waals surface area contributed by atoms with Gasteiger partial charge in [-0.2, -0.15) is 0 Å². The van der Waals surface area contributed by atoms with E-state index in [1.54, 1.807) is 12.3 Å². The van der Waals surface area contributed by atoms with Crippen LogP contribution < -0.4 is 20.1 Å². The number of hydrogen-bond acceptors (Lipinski definition) is 5. The molecule has 0 aliphatic carbocycles. The molecular formula is C23H23N3O3. The summed E-state index contributed by atoms with van der Waals surface area (Å²) in [5.41, 5.74) is 2.81. The molecule has 6 heteroatoms. The largest absolute Gasteiger partial charge is 0.454 e. The Hall–Kier alpha value is -3.54. The summed E-state index contributed by atoms with van der Waals surface area (Å²) in [6.07, 6.45) is 3.63. The van der Waals surface area contributed by atoms with Crippen molar-refractivity contribution in [1.82, 2.24) is 10.3 Å². The van der Waals surface area contributed by atoms with E-state index in [-0.39, 0.29) is 12.7 Å². The summed E-state index contributed by atoms with van der Waals surface area (Å²) in [6.45, 7) is 1.48. The van der Waals surface area contributed by atoms with E-state index in [1.165, 1.54) is 5.56 Å². The molecule has 0 bridgehead atoms. The van der Waals surface area contributed by atoms with Gasteiger partial charge in [-0.05, 0) is 48.2 Å². The third-order valence-electron chi connectivity index (χ3n) is 4.71. The van der Waals surface area contributed by atoms with Gasteiger partial charge in [0.1, 0.15) is 5.82 Å². The fraction of sp³-hybridized carbons (Fsp3) is 0.217. The molecule has 29 heavy (non-hydrogen) atoms. The number of nitrogens with one attached hydrogen (secondary N) is 2. The molecular weight excluding hydrogens is 366 g/mol. The van der Waals surface area contributed by atoms with E-state index in [9.17, 15) is 4.79 Å². The van der Waals surface area contributed by atoms with Crippen LogP contribution in [0.5, 0.6) is 11.5 Å². The summed E-state index contributed by atoms with van der Waals surface area (Å²) >= 11 is 0. The first-order valence-corrected chi connectivity index (χ1v) is 9.68. The predicted molar refractivity (Wildman–Crippen MR) is 111 cm³/mol. The number of amides is 1. The van der Waals surface area contributed by atoms with Crippen molar-refractivity contribution < 1.29 is 14.3 Å². The zero-order chi connectivity index (χ0) is 19.9. The summed E-state index contributed by atoms with van der Waals surface area (Å²) in [4.78, 5) is 16.7. The first kappa shape index (κ1) is 18.8. The molecule has 0 spiro atoms. The van der Waals surface area contributed by atoms with Crippen molar-refractivity contribution in [2.75, 3.05) is 18.7 Å². The predicted octanol–water partition coefficient (Wildman–Crippen LogP) is 3.79. The number of benzene rings is 2. The van der Waals surface area contributed by atoms with E-state index in [0.717, 1.165) is 36.5 Å². The maximum absolute atomic E-state index is 12.4. The van der Waals surface area contributed by atoms with Crippen molar-refractivity contribution in [2.24, 2.45) is 0 Å². The van der Waals surface area contributed by atoms with Gasteiger partial charge >= 0.3 is 0 Å². The number of pyridine rings is 1. The van der Waals surface area contributed by atoms with Gasteiger partial charge in [-0.15, -0.1) is 0 Å². The Balaban J connectivity index is 1.22. The molecule has 148 valence electrons. The topological polar surface area (TPSA) is 72.5 Å². The van der Waals surface area contributed by atoms with Gasteiger partial charge in [0.05, 0.1) is 5.56 Å². The monoisotopic (exact) mass is 389 g/mol. The number of aryl methyl sites for hydroxylation is 1. The van der Waals surface area contributed by atoms with E-state index in [4.69, 9.17) is 9.47 Å². The van der Waals surface area contributed by atoms with Gasteiger partial charge in [-0.1, -0.05) is 36.4 Å². The van der Waals surface area contributed by atoms with Gasteiger partial charge in [0.25, 0.3) is 5.91 Å². The first-order valence-electron chi connectivity index (χ1n) is 9.68. The SMILES string of the molecule is O=C(NCc1ccc2c(c1)OCO2)c1ccc(NCCCc2ccccc2)nc1. The fourth-order valence-electron chi connectivity index (χ4n) is 3.12. The highest BCUT2D eigenvalue weighted by atomic mass is 16.7. The Morgan fingerprint density at radius 3 is 2.66 bits per heavy atom. The number of ether oxygens (including phenoxy) is 2. The molecule has 1 aliphatic heterocycles. The van der Waals surface area contributed by atoms with Crippen molar-refractivity contribution in [1.29, 1.82) is 0 Å². The number of anilines is 1. The number of hydrogen-bond donors (Lipinski definition) is 2. The van der Waals surface area contributed by atoms with Crippen LogP contribution in [0.15, 0.2) is 66.9 Å². The van der Waals surface area contributed by atoms with Crippen LogP contribution in [-0.2, 0) is 13.0 Å². The number of rotatable bonds is 8. The average Bonchev–Trinajstić information content (AvgIpc) is 3.24. The third kappa shape index (κ3) is 5.04. The number of fused-ring (bicyclic) bond motifs is 1. The van der Waals surface area contributed by atoms with Crippen molar-refractivity contribution in [2.45, 2.75) is 19.4 Å². The lowest BCUT2D eigenvalue weighted by Crippen LogP contribution is -2.23. The highest BCUT2D eigenvalue weighted by molar-refractivity contribution is 5.94. The highest BCUT2D eigenvalue weighted by Crippen LogP contribution is 2.32. The Kier molecular flexibility index (Phi) is 5.90. The van der Waals surface area contributed by atoms with Crippen LogP contribution in [0.4, 0.5) is 5.82 Å². The second-order valence-electron chi connectivity index (χ2n) is 6.82. The van der Waals surface area contributed by atoms with Gasteiger partial charge in [0.2, 0.25) is 6.79 Å². The van der Waals surface area contributed by atoms with Gasteiger partial charge in [-0.3, -0.25) is 4.79 Å². The van der Waals surface area contributed by atoms with E-state index in [2.05, 4.69) is 39.9 Å². The van der Waals surface area contributed by atoms with E-state index in [0.29, 0.717) is 17.9 Å². The van der Waals surface area contributed by atoms with Crippen LogP contribution in [0.1, 0.15) is 27.9 Å². The quantitative estimate of drug-likeness (QED) is 0.574. The smallest absolute Gasteiger partial charge is 0.253 e. The maximum atomic E-state index is 12.4. The summed E-state index contributed by atoms with van der Waals surface area (Å²) in [6, 6.07) is 19.7. The van der Waals surface area contributed by atoms with Crippen LogP contribution in [0.25, 0.3) is 0 Å². The first-order chi connectivity index (χ1) is 14.3. The fourth-order valence-corrected chi connectivity index (χ4v) is 3.12. The molecule has 6 nitrogen and oxygen atoms in total. The van der Waals surface area contributed by atoms with Crippen molar-refractivity contribution in [3.8, 4) is 11.5 Å². The van der Waals surface area contributed by atoms with E-state index in [1.807, 2.05) is 30.3 Å². The number of carbonyl (C=O) groups excluding carboxylic acids is 1. The zero-order valence-corrected chi connectivity index (χ0v) is 16.1. The molecule has 0 radical (unpaired) electrons. The Bertz CT molecular complexity index is 959. The van der Waals surface area contributed by atoms with Crippen LogP contribution in [0.2, 0.25) is 0 Å². The molecule has 0 atom stereocenters. The summed E-state index contributed by atoms with van der Waals surface area (Å²) in [7, 11) is 0. The second-order valence-corrected chi connectivity index (χ2v) is 6.82. The lowest BCUT2D eigenvalue weighted by atomic mass is 10.1. The Morgan fingerprint density at radius 2 is 1.83 bits per heavy atom. The molecule has 2 heterocycles. The van der Waals surface area contributed by atoms with Crippen LogP contribution in [-0.4, -0.2) is 24.2 Å². The molecule has 0 saturated heterocycles. The molecule has 0 saturated carbocycles. The Morgan fingerprint density at radius 1 is 0.966 bits per heavy atom. The van der Waals surface area contributed by atoms with Gasteiger partial charge in [0.15, 0.2) is 11.5 Å². The summed E-state index contributed by atoms with van der Waals surface area (Å²) in [5, 5.41) is 6.19. The van der Waals surface area contributed by atoms with Crippen LogP contribution >= 0.6 is 0 Å². The van der Waals surface area contributed by atoms with E-state index < -0.39 is 0 Å². The van der Waals surface area contributed by atoms with Crippen molar-refractivity contribution in [3.63, 3.8) is 0 Å². The summed E-state index contributed by atoms with van der Waals surface area (Å²) in [5.74, 6) is 2.05. The number of aromatic nitrogens is 1. The van der Waals surface area contributed by atoms with Crippen LogP contribution in [0, 0.1) is 0 Å². The standard InChI is InChI=1S/C23H23N3O3/c27-23(26-14-18-8-10-20-21(13-18)29-16-28-20)19-9-11-22(25-15-19)24-12-4-7-17-5-2-1-3-6-17/h1-3,5-6,8-11,13,15H,4,7,12,14,16H2,(H,24,25)(H,26,27). The molecule has 1 amide bonds. The molecule has 1 aromatic heterocycles. The third-order valence-corrected chi connectivity index (χ3v) is 4.71. The van der Waals surface area contributed by atoms with Gasteiger partial charge in [-0.25, -0.2) is 4.98 Å². The lowest BCUT2D eigenvalue weighted by Gasteiger charge is -2.08. The molecule has 1 aliphatic rings. The van der Waals surface area contributed by atoms with E-state index >= 15 is 0 Å². The van der Waals surface area contributed by atoms with Crippen molar-refractivity contribution in [3.05, 3.63) is 83.6 Å². The minimum atomic E-state index is -0.161. The lowest BCUT2D eigenvalue weighted by molar-refractivity contribution is 0.0950. The molecule has 2 N–H and O–H groups in total. The zero-order valence-electron chi connectivity index (χ0n) is 16.1. The molecule has 4 rings (SSSR count). The minimum absolute atomic E-state index is 0.161. The van der Waals surface area contributed by atoms with Gasteiger partial charge < -0.3 is 20.1 Å². The average molecular weight is 389 g/mol. The van der Waals surface area contributed by atoms with Crippen LogP contribution in [0.3, 0.4) is 0 Å². The van der Waals surface area contributed by atoms with Gasteiger partial charge in [0, 0.05) is 19.3 Å². The minimum Gasteiger partial charge on any atom is -0.454 e. The highest BCUT2D eigenvalue weighted by Gasteiger charge is 2.13. The summed E-state index contributed by atoms with van der Waals surface area (Å²) < 4.78 is 10.7. The maximum Gasteiger partial charge on any atom is 0.253 e. The normalized spacial score (nSPS) is 11.9. The molecule has 2 aromatic carbocycles. The molecule has 0 unspecified atom stereocenters.